The second-order valence-corrected chi connectivity index (χ2v) is 8.70. The van der Waals surface area contributed by atoms with Gasteiger partial charge in [-0.2, -0.15) is 5.10 Å². The van der Waals surface area contributed by atoms with Crippen LogP contribution in [0.25, 0.3) is 10.6 Å². The van der Waals surface area contributed by atoms with Crippen LogP contribution in [-0.2, 0) is 9.53 Å². The van der Waals surface area contributed by atoms with Crippen LogP contribution in [0.5, 0.6) is 0 Å². The molecule has 2 aromatic heterocycles. The lowest BCUT2D eigenvalue weighted by atomic mass is 9.85. The molecule has 1 saturated heterocycles. The van der Waals surface area contributed by atoms with Gasteiger partial charge in [0.05, 0.1) is 17.0 Å². The third-order valence-electron chi connectivity index (χ3n) is 6.03. The molecule has 0 bridgehead atoms. The number of thiophene rings is 1. The molecule has 3 heterocycles. The van der Waals surface area contributed by atoms with Gasteiger partial charge in [-0.15, -0.1) is 11.3 Å². The molecule has 1 saturated carbocycles. The number of hydrogen-bond acceptors (Lipinski definition) is 5. The Hall–Kier alpha value is -1.99. The lowest BCUT2D eigenvalue weighted by molar-refractivity contribution is -0.139. The lowest BCUT2D eigenvalue weighted by Gasteiger charge is -2.36. The van der Waals surface area contributed by atoms with Gasteiger partial charge in [0.2, 0.25) is 5.91 Å². The number of rotatable bonds is 4. The van der Waals surface area contributed by atoms with Gasteiger partial charge in [-0.05, 0) is 49.6 Å². The minimum Gasteiger partial charge on any atom is -0.381 e. The first-order valence-corrected chi connectivity index (χ1v) is 11.0. The van der Waals surface area contributed by atoms with Gasteiger partial charge < -0.3 is 9.64 Å². The topological polar surface area (TPSA) is 64.4 Å². The zero-order valence-electron chi connectivity index (χ0n) is 16.3. The second kappa shape index (κ2) is 8.57. The Morgan fingerprint density at radius 2 is 2.00 bits per heavy atom. The third-order valence-corrected chi connectivity index (χ3v) is 6.92. The molecule has 1 aliphatic carbocycles. The van der Waals surface area contributed by atoms with Crippen LogP contribution < -0.4 is 5.56 Å². The van der Waals surface area contributed by atoms with Gasteiger partial charge in [-0.3, -0.25) is 9.59 Å². The Bertz CT molecular complexity index is 856. The monoisotopic (exact) mass is 401 g/mol. The Kier molecular flexibility index (Phi) is 5.92. The van der Waals surface area contributed by atoms with E-state index < -0.39 is 0 Å². The first-order valence-electron chi connectivity index (χ1n) is 10.1. The molecule has 4 rings (SSSR count). The van der Waals surface area contributed by atoms with E-state index >= 15 is 0 Å². The number of hydrogen-bond donors (Lipinski definition) is 0. The number of aromatic nitrogens is 2. The maximum absolute atomic E-state index is 12.9. The molecule has 1 amide bonds. The molecule has 0 radical (unpaired) electrons. The molecule has 0 aromatic carbocycles. The molecule has 150 valence electrons. The molecule has 2 aliphatic rings. The molecule has 2 atom stereocenters. The summed E-state index contributed by atoms with van der Waals surface area (Å²) in [5, 5.41) is 6.62. The highest BCUT2D eigenvalue weighted by molar-refractivity contribution is 7.13. The van der Waals surface area contributed by atoms with Crippen LogP contribution in [0.2, 0.25) is 0 Å². The van der Waals surface area contributed by atoms with Crippen molar-refractivity contribution in [3.8, 4) is 10.6 Å². The molecule has 6 nitrogen and oxygen atoms in total. The average molecular weight is 402 g/mol. The summed E-state index contributed by atoms with van der Waals surface area (Å²) in [5.41, 5.74) is 0.765. The van der Waals surface area contributed by atoms with Gasteiger partial charge in [-0.1, -0.05) is 12.5 Å². The minimum absolute atomic E-state index is 0.0505. The Balaban J connectivity index is 1.41. The highest BCUT2D eigenvalue weighted by atomic mass is 32.1. The molecule has 0 N–H and O–H groups in total. The van der Waals surface area contributed by atoms with Crippen molar-refractivity contribution in [3.63, 3.8) is 0 Å². The van der Waals surface area contributed by atoms with E-state index in [-0.39, 0.29) is 29.5 Å². The first kappa shape index (κ1) is 19.3. The van der Waals surface area contributed by atoms with E-state index in [1.807, 2.05) is 22.4 Å². The minimum atomic E-state index is -0.0692. The zero-order chi connectivity index (χ0) is 19.5. The van der Waals surface area contributed by atoms with Gasteiger partial charge in [-0.25, -0.2) is 4.68 Å². The van der Waals surface area contributed by atoms with Crippen molar-refractivity contribution in [2.24, 2.45) is 5.92 Å². The standard InChI is InChI=1S/C21H27N3O3S/c1-27-17-5-2-4-15(14-17)21(26)23-11-9-16(10-12-23)24-20(25)8-7-18(22-24)19-6-3-13-28-19/h3,6-8,13,15-17H,2,4-5,9-12,14H2,1H3/t15-,17+/m1/s1. The highest BCUT2D eigenvalue weighted by Crippen LogP contribution is 2.30. The smallest absolute Gasteiger partial charge is 0.267 e. The average Bonchev–Trinajstić information content (AvgIpc) is 3.29. The van der Waals surface area contributed by atoms with Gasteiger partial charge in [0.15, 0.2) is 0 Å². The Morgan fingerprint density at radius 3 is 2.71 bits per heavy atom. The van der Waals surface area contributed by atoms with Gasteiger partial charge in [0, 0.05) is 32.2 Å². The highest BCUT2D eigenvalue weighted by Gasteiger charge is 2.33. The largest absolute Gasteiger partial charge is 0.381 e. The number of methoxy groups -OCH3 is 1. The van der Waals surface area contributed by atoms with Crippen LogP contribution in [0.4, 0.5) is 0 Å². The van der Waals surface area contributed by atoms with Crippen molar-refractivity contribution in [2.45, 2.75) is 50.7 Å². The molecule has 2 aromatic rings. The Morgan fingerprint density at radius 1 is 1.18 bits per heavy atom. The maximum atomic E-state index is 12.9. The van der Waals surface area contributed by atoms with Crippen LogP contribution in [0.3, 0.4) is 0 Å². The van der Waals surface area contributed by atoms with Crippen molar-refractivity contribution in [3.05, 3.63) is 40.0 Å². The predicted molar refractivity (Wildman–Crippen MR) is 109 cm³/mol. The number of amides is 1. The third kappa shape index (κ3) is 4.05. The van der Waals surface area contributed by atoms with Gasteiger partial charge >= 0.3 is 0 Å². The number of piperidine rings is 1. The fourth-order valence-corrected chi connectivity index (χ4v) is 5.11. The van der Waals surface area contributed by atoms with Crippen LogP contribution in [0, 0.1) is 5.92 Å². The van der Waals surface area contributed by atoms with Crippen LogP contribution >= 0.6 is 11.3 Å². The number of likely N-dealkylation sites (tertiary alicyclic amines) is 1. The van der Waals surface area contributed by atoms with E-state index in [1.54, 1.807) is 35.3 Å². The predicted octanol–water partition coefficient (Wildman–Crippen LogP) is 3.34. The summed E-state index contributed by atoms with van der Waals surface area (Å²) in [6.07, 6.45) is 5.65. The van der Waals surface area contributed by atoms with E-state index in [0.29, 0.717) is 13.1 Å². The number of nitrogens with zero attached hydrogens (tertiary/aromatic N) is 3. The number of carbonyl (C=O) groups is 1. The van der Waals surface area contributed by atoms with E-state index in [4.69, 9.17) is 4.74 Å². The van der Waals surface area contributed by atoms with Crippen LogP contribution in [-0.4, -0.2) is 46.9 Å². The lowest BCUT2D eigenvalue weighted by Crippen LogP contribution is -2.45. The first-order chi connectivity index (χ1) is 13.7. The van der Waals surface area contributed by atoms with Crippen LogP contribution in [0.15, 0.2) is 34.4 Å². The number of carbonyl (C=O) groups excluding carboxylic acids is 1. The molecule has 2 fully saturated rings. The van der Waals surface area contributed by atoms with E-state index in [1.165, 1.54) is 0 Å². The fraction of sp³-hybridized carbons (Fsp3) is 0.571. The summed E-state index contributed by atoms with van der Waals surface area (Å²) in [7, 11) is 1.73. The van der Waals surface area contributed by atoms with E-state index in [2.05, 4.69) is 5.10 Å². The normalized spacial score (nSPS) is 23.7. The summed E-state index contributed by atoms with van der Waals surface area (Å²) in [5.74, 6) is 0.339. The van der Waals surface area contributed by atoms with Gasteiger partial charge in [0.1, 0.15) is 5.69 Å². The Labute approximate surface area is 169 Å². The molecular formula is C21H27N3O3S. The van der Waals surface area contributed by atoms with Crippen molar-refractivity contribution in [2.75, 3.05) is 20.2 Å². The molecule has 28 heavy (non-hydrogen) atoms. The number of ether oxygens (including phenoxy) is 1. The summed E-state index contributed by atoms with van der Waals surface area (Å²) in [6.45, 7) is 1.38. The molecule has 0 unspecified atom stereocenters. The van der Waals surface area contributed by atoms with Gasteiger partial charge in [0.25, 0.3) is 5.56 Å². The summed E-state index contributed by atoms with van der Waals surface area (Å²) in [6, 6.07) is 7.45. The van der Waals surface area contributed by atoms with Crippen LogP contribution in [0.1, 0.15) is 44.6 Å². The maximum Gasteiger partial charge on any atom is 0.267 e. The second-order valence-electron chi connectivity index (χ2n) is 7.76. The van der Waals surface area contributed by atoms with E-state index in [0.717, 1.165) is 49.1 Å². The van der Waals surface area contributed by atoms with E-state index in [9.17, 15) is 9.59 Å². The summed E-state index contributed by atoms with van der Waals surface area (Å²) in [4.78, 5) is 28.3. The van der Waals surface area contributed by atoms with Crippen molar-refractivity contribution in [1.82, 2.24) is 14.7 Å². The van der Waals surface area contributed by atoms with Crippen molar-refractivity contribution in [1.29, 1.82) is 0 Å². The fourth-order valence-electron chi connectivity index (χ4n) is 4.41. The van der Waals surface area contributed by atoms with Crippen molar-refractivity contribution < 1.29 is 9.53 Å². The molecular weight excluding hydrogens is 374 g/mol. The quantitative estimate of drug-likeness (QED) is 0.788. The van der Waals surface area contributed by atoms with Crippen molar-refractivity contribution >= 4 is 17.2 Å². The summed E-state index contributed by atoms with van der Waals surface area (Å²) < 4.78 is 7.10. The summed E-state index contributed by atoms with van der Waals surface area (Å²) >= 11 is 1.62. The SMILES string of the molecule is CO[C@H]1CCC[C@@H](C(=O)N2CCC(n3nc(-c4cccs4)ccc3=O)CC2)C1. The molecule has 1 aliphatic heterocycles. The molecule has 7 heteroatoms. The zero-order valence-corrected chi connectivity index (χ0v) is 17.1. The molecule has 0 spiro atoms.